The summed E-state index contributed by atoms with van der Waals surface area (Å²) >= 11 is 6.89. The van der Waals surface area contributed by atoms with Crippen LogP contribution in [0.15, 0.2) is 36.4 Å². The highest BCUT2D eigenvalue weighted by Crippen LogP contribution is 2.08. The highest BCUT2D eigenvalue weighted by molar-refractivity contribution is 9.12. The molecule has 1 aromatic rings. The second-order valence-corrected chi connectivity index (χ2v) is 4.26. The van der Waals surface area contributed by atoms with Crippen molar-refractivity contribution in [1.82, 2.24) is 0 Å². The molecule has 0 aliphatic carbocycles. The molecule has 0 saturated heterocycles. The molecule has 12 heavy (non-hydrogen) atoms. The molecule has 1 rings (SSSR count). The van der Waals surface area contributed by atoms with Gasteiger partial charge in [-0.25, -0.2) is 0 Å². The number of benzene rings is 1. The standard InChI is InChI=1S/C10H10Br2/c11-8-10(12)7-6-9-4-2-1-3-5-9/h1-7,10H,8H2/b7-6+. The Morgan fingerprint density at radius 1 is 1.25 bits per heavy atom. The van der Waals surface area contributed by atoms with Crippen molar-refractivity contribution in [2.75, 3.05) is 5.33 Å². The minimum absolute atomic E-state index is 0.415. The van der Waals surface area contributed by atoms with E-state index in [1.807, 2.05) is 18.2 Å². The molecule has 64 valence electrons. The summed E-state index contributed by atoms with van der Waals surface area (Å²) in [7, 11) is 0. The molecule has 0 nitrogen and oxygen atoms in total. The van der Waals surface area contributed by atoms with Gasteiger partial charge in [-0.2, -0.15) is 0 Å². The summed E-state index contributed by atoms with van der Waals surface area (Å²) in [5.74, 6) is 0. The smallest absolute Gasteiger partial charge is 0.0425 e. The van der Waals surface area contributed by atoms with Crippen LogP contribution in [0, 0.1) is 0 Å². The van der Waals surface area contributed by atoms with E-state index in [9.17, 15) is 0 Å². The first-order valence-corrected chi connectivity index (χ1v) is 5.80. The van der Waals surface area contributed by atoms with E-state index in [1.165, 1.54) is 5.56 Å². The predicted octanol–water partition coefficient (Wildman–Crippen LogP) is 3.86. The van der Waals surface area contributed by atoms with Gasteiger partial charge in [-0.05, 0) is 5.56 Å². The van der Waals surface area contributed by atoms with E-state index in [0.29, 0.717) is 4.83 Å². The van der Waals surface area contributed by atoms with Gasteiger partial charge in [-0.3, -0.25) is 0 Å². The summed E-state index contributed by atoms with van der Waals surface area (Å²) in [4.78, 5) is 0.415. The maximum atomic E-state index is 3.50. The van der Waals surface area contributed by atoms with Crippen LogP contribution in [0.5, 0.6) is 0 Å². The lowest BCUT2D eigenvalue weighted by Gasteiger charge is -1.96. The summed E-state index contributed by atoms with van der Waals surface area (Å²) in [5, 5.41) is 0.941. The van der Waals surface area contributed by atoms with Crippen LogP contribution in [-0.4, -0.2) is 10.2 Å². The molecular weight excluding hydrogens is 280 g/mol. The van der Waals surface area contributed by atoms with Crippen LogP contribution in [0.3, 0.4) is 0 Å². The second kappa shape index (κ2) is 5.55. The lowest BCUT2D eigenvalue weighted by atomic mass is 10.2. The maximum absolute atomic E-state index is 3.50. The Balaban J connectivity index is 2.58. The van der Waals surface area contributed by atoms with Gasteiger partial charge in [-0.15, -0.1) is 0 Å². The first-order valence-electron chi connectivity index (χ1n) is 3.76. The fourth-order valence-electron chi connectivity index (χ4n) is 0.831. The Bertz CT molecular complexity index is 241. The van der Waals surface area contributed by atoms with Gasteiger partial charge in [0.1, 0.15) is 0 Å². The number of alkyl halides is 2. The molecule has 1 aromatic carbocycles. The second-order valence-electron chi connectivity index (χ2n) is 2.44. The van der Waals surface area contributed by atoms with Crippen LogP contribution in [0.2, 0.25) is 0 Å². The third-order valence-electron chi connectivity index (χ3n) is 1.44. The van der Waals surface area contributed by atoms with Crippen molar-refractivity contribution < 1.29 is 0 Å². The molecule has 0 N–H and O–H groups in total. The van der Waals surface area contributed by atoms with E-state index in [-0.39, 0.29) is 0 Å². The summed E-state index contributed by atoms with van der Waals surface area (Å²) in [6, 6.07) is 10.3. The quantitative estimate of drug-likeness (QED) is 0.742. The van der Waals surface area contributed by atoms with Gasteiger partial charge in [0.25, 0.3) is 0 Å². The van der Waals surface area contributed by atoms with Crippen LogP contribution >= 0.6 is 31.9 Å². The minimum Gasteiger partial charge on any atom is -0.0913 e. The van der Waals surface area contributed by atoms with Crippen molar-refractivity contribution in [3.05, 3.63) is 42.0 Å². The highest BCUT2D eigenvalue weighted by atomic mass is 79.9. The zero-order chi connectivity index (χ0) is 8.81. The average Bonchev–Trinajstić information content (AvgIpc) is 2.16. The topological polar surface area (TPSA) is 0 Å². The van der Waals surface area contributed by atoms with Crippen molar-refractivity contribution in [3.63, 3.8) is 0 Å². The molecule has 2 heteroatoms. The molecule has 0 radical (unpaired) electrons. The molecule has 0 heterocycles. The van der Waals surface area contributed by atoms with Gasteiger partial charge in [0.15, 0.2) is 0 Å². The molecule has 0 spiro atoms. The van der Waals surface area contributed by atoms with Crippen LogP contribution in [0.1, 0.15) is 5.56 Å². The first-order chi connectivity index (χ1) is 5.83. The van der Waals surface area contributed by atoms with Crippen molar-refractivity contribution in [3.8, 4) is 0 Å². The molecule has 0 saturated carbocycles. The zero-order valence-corrected chi connectivity index (χ0v) is 9.75. The van der Waals surface area contributed by atoms with Crippen molar-refractivity contribution in [2.45, 2.75) is 4.83 Å². The molecule has 0 amide bonds. The fourth-order valence-corrected chi connectivity index (χ4v) is 1.20. The normalized spacial score (nSPS) is 13.5. The SMILES string of the molecule is BrCC(Br)/C=C/c1ccccc1. The van der Waals surface area contributed by atoms with E-state index in [2.05, 4.69) is 56.1 Å². The Morgan fingerprint density at radius 2 is 1.92 bits per heavy atom. The van der Waals surface area contributed by atoms with Crippen molar-refractivity contribution in [2.24, 2.45) is 0 Å². The van der Waals surface area contributed by atoms with Crippen LogP contribution in [-0.2, 0) is 0 Å². The van der Waals surface area contributed by atoms with E-state index < -0.39 is 0 Å². The molecule has 1 unspecified atom stereocenters. The molecule has 0 aliphatic heterocycles. The average molecular weight is 290 g/mol. The zero-order valence-electron chi connectivity index (χ0n) is 6.58. The van der Waals surface area contributed by atoms with E-state index in [4.69, 9.17) is 0 Å². The van der Waals surface area contributed by atoms with E-state index in [1.54, 1.807) is 0 Å². The minimum atomic E-state index is 0.415. The largest absolute Gasteiger partial charge is 0.0913 e. The number of rotatable bonds is 3. The number of allylic oxidation sites excluding steroid dienone is 1. The van der Waals surface area contributed by atoms with E-state index >= 15 is 0 Å². The van der Waals surface area contributed by atoms with Crippen molar-refractivity contribution >= 4 is 37.9 Å². The summed E-state index contributed by atoms with van der Waals surface area (Å²) in [6.07, 6.45) is 4.24. The molecule has 0 bridgehead atoms. The monoisotopic (exact) mass is 288 g/mol. The Kier molecular flexibility index (Phi) is 4.62. The number of hydrogen-bond acceptors (Lipinski definition) is 0. The van der Waals surface area contributed by atoms with Gasteiger partial charge in [-0.1, -0.05) is 74.3 Å². The molecule has 1 atom stereocenters. The summed E-state index contributed by atoms with van der Waals surface area (Å²) < 4.78 is 0. The Hall–Kier alpha value is -0.0800. The van der Waals surface area contributed by atoms with Gasteiger partial charge in [0.05, 0.1) is 0 Å². The van der Waals surface area contributed by atoms with Gasteiger partial charge in [0, 0.05) is 10.2 Å². The maximum Gasteiger partial charge on any atom is 0.0425 e. The molecule has 0 aromatic heterocycles. The molecule has 0 fully saturated rings. The Morgan fingerprint density at radius 3 is 2.50 bits per heavy atom. The highest BCUT2D eigenvalue weighted by Gasteiger charge is 1.93. The lowest BCUT2D eigenvalue weighted by Crippen LogP contribution is -1.91. The van der Waals surface area contributed by atoms with Gasteiger partial charge >= 0.3 is 0 Å². The Labute approximate surface area is 89.9 Å². The molecular formula is C10H10Br2. The van der Waals surface area contributed by atoms with Crippen molar-refractivity contribution in [1.29, 1.82) is 0 Å². The van der Waals surface area contributed by atoms with Gasteiger partial charge in [0.2, 0.25) is 0 Å². The first kappa shape index (κ1) is 10.0. The molecule has 0 aliphatic rings. The third kappa shape index (κ3) is 3.55. The van der Waals surface area contributed by atoms with Gasteiger partial charge < -0.3 is 0 Å². The van der Waals surface area contributed by atoms with E-state index in [0.717, 1.165) is 5.33 Å². The van der Waals surface area contributed by atoms with Crippen LogP contribution in [0.25, 0.3) is 6.08 Å². The third-order valence-corrected chi connectivity index (χ3v) is 3.64. The fraction of sp³-hybridized carbons (Fsp3) is 0.200. The van der Waals surface area contributed by atoms with Crippen LogP contribution in [0.4, 0.5) is 0 Å². The predicted molar refractivity (Wildman–Crippen MR) is 62.0 cm³/mol. The number of hydrogen-bond donors (Lipinski definition) is 0. The number of halogens is 2. The summed E-state index contributed by atoms with van der Waals surface area (Å²) in [6.45, 7) is 0. The van der Waals surface area contributed by atoms with Crippen LogP contribution < -0.4 is 0 Å². The lowest BCUT2D eigenvalue weighted by molar-refractivity contribution is 1.32. The summed E-state index contributed by atoms with van der Waals surface area (Å²) in [5.41, 5.74) is 1.24.